The first-order valence-corrected chi connectivity index (χ1v) is 9.51. The van der Waals surface area contributed by atoms with E-state index in [1.54, 1.807) is 12.1 Å². The summed E-state index contributed by atoms with van der Waals surface area (Å²) in [5.74, 6) is 0.998. The van der Waals surface area contributed by atoms with Crippen molar-refractivity contribution in [1.29, 1.82) is 0 Å². The van der Waals surface area contributed by atoms with Crippen molar-refractivity contribution in [3.63, 3.8) is 0 Å². The third kappa shape index (κ3) is 3.75. The fourth-order valence-electron chi connectivity index (χ4n) is 3.71. The van der Waals surface area contributed by atoms with Gasteiger partial charge in [-0.15, -0.1) is 0 Å². The minimum Gasteiger partial charge on any atom is -0.506 e. The first-order valence-electron chi connectivity index (χ1n) is 9.51. The fraction of sp³-hybridized carbons (Fsp3) is 0.261. The normalized spacial score (nSPS) is 14.8. The van der Waals surface area contributed by atoms with E-state index in [-0.39, 0.29) is 23.3 Å². The van der Waals surface area contributed by atoms with Crippen LogP contribution in [0.25, 0.3) is 10.8 Å². The van der Waals surface area contributed by atoms with E-state index in [2.05, 4.69) is 5.32 Å². The van der Waals surface area contributed by atoms with E-state index >= 15 is 0 Å². The topological polar surface area (TPSA) is 58.6 Å². The number of phenols is 1. The van der Waals surface area contributed by atoms with Crippen LogP contribution in [0.2, 0.25) is 0 Å². The van der Waals surface area contributed by atoms with Crippen LogP contribution in [0.3, 0.4) is 0 Å². The Balaban J connectivity index is 1.71. The van der Waals surface area contributed by atoms with Crippen LogP contribution in [-0.2, 0) is 0 Å². The van der Waals surface area contributed by atoms with Gasteiger partial charge in [0.1, 0.15) is 17.2 Å². The first kappa shape index (κ1) is 17.4. The van der Waals surface area contributed by atoms with E-state index in [9.17, 15) is 9.90 Å². The number of hydrogen-bond acceptors (Lipinski definition) is 3. The molecule has 0 spiro atoms. The number of nitrogens with one attached hydrogen (secondary N) is 1. The van der Waals surface area contributed by atoms with E-state index in [0.717, 1.165) is 31.1 Å². The lowest BCUT2D eigenvalue weighted by Gasteiger charge is -2.23. The SMILES string of the molecule is O=C(NC1CCCCC1)c1cc(Oc2ccccc2)c2ccccc2c1O. The predicted molar refractivity (Wildman–Crippen MR) is 106 cm³/mol. The number of amides is 1. The summed E-state index contributed by atoms with van der Waals surface area (Å²) in [7, 11) is 0. The highest BCUT2D eigenvalue weighted by atomic mass is 16.5. The Hall–Kier alpha value is -3.01. The number of phenolic OH excluding ortho intramolecular Hbond substituents is 1. The van der Waals surface area contributed by atoms with Gasteiger partial charge in [-0.05, 0) is 31.0 Å². The summed E-state index contributed by atoms with van der Waals surface area (Å²) in [6, 6.07) is 18.7. The molecule has 4 nitrogen and oxygen atoms in total. The van der Waals surface area contributed by atoms with Crippen molar-refractivity contribution in [2.24, 2.45) is 0 Å². The zero-order valence-corrected chi connectivity index (χ0v) is 15.2. The second-order valence-corrected chi connectivity index (χ2v) is 7.04. The monoisotopic (exact) mass is 361 g/mol. The lowest BCUT2D eigenvalue weighted by molar-refractivity contribution is 0.0925. The summed E-state index contributed by atoms with van der Waals surface area (Å²) in [6.45, 7) is 0. The average Bonchev–Trinajstić information content (AvgIpc) is 2.71. The molecule has 3 aromatic carbocycles. The zero-order chi connectivity index (χ0) is 18.6. The molecule has 1 fully saturated rings. The largest absolute Gasteiger partial charge is 0.506 e. The van der Waals surface area contributed by atoms with Crippen molar-refractivity contribution in [3.05, 3.63) is 66.2 Å². The molecule has 0 atom stereocenters. The third-order valence-corrected chi connectivity index (χ3v) is 5.13. The summed E-state index contributed by atoms with van der Waals surface area (Å²) in [5, 5.41) is 15.2. The van der Waals surface area contributed by atoms with Gasteiger partial charge in [0.2, 0.25) is 0 Å². The molecule has 0 unspecified atom stereocenters. The molecule has 4 rings (SSSR count). The second-order valence-electron chi connectivity index (χ2n) is 7.04. The van der Waals surface area contributed by atoms with E-state index < -0.39 is 0 Å². The van der Waals surface area contributed by atoms with Crippen LogP contribution in [-0.4, -0.2) is 17.1 Å². The molecule has 1 amide bonds. The van der Waals surface area contributed by atoms with Crippen molar-refractivity contribution in [3.8, 4) is 17.2 Å². The Morgan fingerprint density at radius 3 is 2.33 bits per heavy atom. The molecule has 0 radical (unpaired) electrons. The van der Waals surface area contributed by atoms with E-state index in [4.69, 9.17) is 4.74 Å². The number of aromatic hydroxyl groups is 1. The maximum atomic E-state index is 12.9. The van der Waals surface area contributed by atoms with E-state index in [0.29, 0.717) is 16.9 Å². The van der Waals surface area contributed by atoms with Crippen LogP contribution in [0.15, 0.2) is 60.7 Å². The van der Waals surface area contributed by atoms with Crippen molar-refractivity contribution < 1.29 is 14.6 Å². The lowest BCUT2D eigenvalue weighted by Crippen LogP contribution is -2.36. The Labute approximate surface area is 158 Å². The van der Waals surface area contributed by atoms with Crippen LogP contribution >= 0.6 is 0 Å². The van der Waals surface area contributed by atoms with Gasteiger partial charge in [-0.2, -0.15) is 0 Å². The van der Waals surface area contributed by atoms with Gasteiger partial charge in [0, 0.05) is 16.8 Å². The summed E-state index contributed by atoms with van der Waals surface area (Å²) in [5.41, 5.74) is 0.255. The van der Waals surface area contributed by atoms with Crippen LogP contribution in [0.5, 0.6) is 17.2 Å². The highest BCUT2D eigenvalue weighted by Gasteiger charge is 2.21. The molecule has 2 N–H and O–H groups in total. The van der Waals surface area contributed by atoms with Crippen LogP contribution < -0.4 is 10.1 Å². The highest BCUT2D eigenvalue weighted by molar-refractivity contribution is 6.06. The van der Waals surface area contributed by atoms with Crippen LogP contribution in [0.1, 0.15) is 42.5 Å². The molecule has 4 heteroatoms. The highest BCUT2D eigenvalue weighted by Crippen LogP contribution is 2.38. The minimum absolute atomic E-state index is 0.000629. The van der Waals surface area contributed by atoms with Gasteiger partial charge in [0.05, 0.1) is 5.56 Å². The Kier molecular flexibility index (Phi) is 4.97. The Morgan fingerprint density at radius 2 is 1.59 bits per heavy atom. The molecule has 3 aromatic rings. The van der Waals surface area contributed by atoms with Gasteiger partial charge in [-0.1, -0.05) is 61.7 Å². The molecular weight excluding hydrogens is 338 g/mol. The third-order valence-electron chi connectivity index (χ3n) is 5.13. The summed E-state index contributed by atoms with van der Waals surface area (Å²) < 4.78 is 6.04. The average molecular weight is 361 g/mol. The molecular formula is C23H23NO3. The molecule has 1 aliphatic carbocycles. The van der Waals surface area contributed by atoms with E-state index in [1.807, 2.05) is 48.5 Å². The number of para-hydroxylation sites is 1. The zero-order valence-electron chi connectivity index (χ0n) is 15.2. The van der Waals surface area contributed by atoms with Gasteiger partial charge < -0.3 is 15.2 Å². The first-order chi connectivity index (χ1) is 13.2. The predicted octanol–water partition coefficient (Wildman–Crippen LogP) is 5.40. The van der Waals surface area contributed by atoms with Crippen LogP contribution in [0.4, 0.5) is 0 Å². The number of benzene rings is 3. The second kappa shape index (κ2) is 7.70. The number of rotatable bonds is 4. The molecule has 0 saturated heterocycles. The van der Waals surface area contributed by atoms with Crippen molar-refractivity contribution in [2.75, 3.05) is 0 Å². The number of hydrogen-bond donors (Lipinski definition) is 2. The molecule has 1 saturated carbocycles. The van der Waals surface area contributed by atoms with Crippen molar-refractivity contribution in [2.45, 2.75) is 38.1 Å². The fourth-order valence-corrected chi connectivity index (χ4v) is 3.71. The Bertz CT molecular complexity index is 946. The number of fused-ring (bicyclic) bond motifs is 1. The summed E-state index contributed by atoms with van der Waals surface area (Å²) in [6.07, 6.45) is 5.48. The molecule has 0 bridgehead atoms. The van der Waals surface area contributed by atoms with E-state index in [1.165, 1.54) is 6.42 Å². The van der Waals surface area contributed by atoms with Gasteiger partial charge in [-0.3, -0.25) is 4.79 Å². The van der Waals surface area contributed by atoms with Gasteiger partial charge in [-0.25, -0.2) is 0 Å². The standard InChI is InChI=1S/C23H23NO3/c25-22-19-14-8-7-13-18(19)21(27-17-11-5-2-6-12-17)15-20(22)23(26)24-16-9-3-1-4-10-16/h2,5-8,11-16,25H,1,3-4,9-10H2,(H,24,26). The number of ether oxygens (including phenoxy) is 1. The number of carbonyl (C=O) groups excluding carboxylic acids is 1. The minimum atomic E-state index is -0.247. The van der Waals surface area contributed by atoms with Crippen molar-refractivity contribution >= 4 is 16.7 Å². The van der Waals surface area contributed by atoms with Crippen LogP contribution in [0, 0.1) is 0 Å². The molecule has 138 valence electrons. The molecule has 0 aliphatic heterocycles. The maximum absolute atomic E-state index is 12.9. The lowest BCUT2D eigenvalue weighted by atomic mass is 9.95. The summed E-state index contributed by atoms with van der Waals surface area (Å²) >= 11 is 0. The molecule has 0 heterocycles. The van der Waals surface area contributed by atoms with Gasteiger partial charge in [0.15, 0.2) is 0 Å². The number of carbonyl (C=O) groups is 1. The smallest absolute Gasteiger partial charge is 0.255 e. The molecule has 0 aromatic heterocycles. The molecule has 27 heavy (non-hydrogen) atoms. The molecule has 1 aliphatic rings. The Morgan fingerprint density at radius 1 is 0.926 bits per heavy atom. The van der Waals surface area contributed by atoms with Gasteiger partial charge in [0.25, 0.3) is 5.91 Å². The summed E-state index contributed by atoms with van der Waals surface area (Å²) in [4.78, 5) is 12.9. The quantitative estimate of drug-likeness (QED) is 0.654. The maximum Gasteiger partial charge on any atom is 0.255 e. The van der Waals surface area contributed by atoms with Gasteiger partial charge >= 0.3 is 0 Å². The van der Waals surface area contributed by atoms with Crippen molar-refractivity contribution in [1.82, 2.24) is 5.32 Å².